The summed E-state index contributed by atoms with van der Waals surface area (Å²) >= 11 is 1.61. The molecule has 0 aromatic carbocycles. The highest BCUT2D eigenvalue weighted by Crippen LogP contribution is 2.30. The first-order valence-electron chi connectivity index (χ1n) is 5.88. The van der Waals surface area contributed by atoms with Gasteiger partial charge in [0.25, 0.3) is 0 Å². The molecule has 2 aromatic rings. The van der Waals surface area contributed by atoms with E-state index in [1.54, 1.807) is 17.4 Å². The van der Waals surface area contributed by atoms with Crippen LogP contribution in [0.5, 0.6) is 0 Å². The van der Waals surface area contributed by atoms with Crippen LogP contribution in [0.15, 0.2) is 18.3 Å². The van der Waals surface area contributed by atoms with Crippen LogP contribution >= 0.6 is 11.3 Å². The zero-order chi connectivity index (χ0) is 13.1. The molecule has 0 saturated heterocycles. The SMILES string of the molecule is CNCc1sc(-c2ccc(F)cn2)nc1C(C)C. The van der Waals surface area contributed by atoms with Gasteiger partial charge in [-0.3, -0.25) is 4.98 Å². The molecule has 0 fully saturated rings. The first kappa shape index (κ1) is 13.1. The summed E-state index contributed by atoms with van der Waals surface area (Å²) in [6, 6.07) is 3.08. The first-order valence-corrected chi connectivity index (χ1v) is 6.69. The van der Waals surface area contributed by atoms with Crippen LogP contribution in [-0.4, -0.2) is 17.0 Å². The van der Waals surface area contributed by atoms with Crippen LogP contribution in [0.4, 0.5) is 4.39 Å². The maximum absolute atomic E-state index is 12.8. The standard InChI is InChI=1S/C13H16FN3S/c1-8(2)12-11(7-15-3)18-13(17-12)10-5-4-9(14)6-16-10/h4-6,8,15H,7H2,1-3H3. The normalized spacial score (nSPS) is 11.2. The lowest BCUT2D eigenvalue weighted by atomic mass is 10.1. The lowest BCUT2D eigenvalue weighted by Crippen LogP contribution is -2.06. The van der Waals surface area contributed by atoms with Gasteiger partial charge in [0.2, 0.25) is 0 Å². The second kappa shape index (κ2) is 5.54. The van der Waals surface area contributed by atoms with Gasteiger partial charge in [-0.2, -0.15) is 0 Å². The van der Waals surface area contributed by atoms with Crippen molar-refractivity contribution in [3.05, 3.63) is 34.7 Å². The lowest BCUT2D eigenvalue weighted by molar-refractivity contribution is 0.622. The molecule has 0 saturated carbocycles. The van der Waals surface area contributed by atoms with E-state index in [2.05, 4.69) is 29.1 Å². The number of hydrogen-bond acceptors (Lipinski definition) is 4. The molecule has 96 valence electrons. The smallest absolute Gasteiger partial charge is 0.142 e. The average Bonchev–Trinajstić information content (AvgIpc) is 2.75. The molecule has 0 radical (unpaired) electrons. The minimum absolute atomic E-state index is 0.324. The Morgan fingerprint density at radius 2 is 2.17 bits per heavy atom. The molecule has 0 bridgehead atoms. The fourth-order valence-electron chi connectivity index (χ4n) is 1.71. The van der Waals surface area contributed by atoms with E-state index in [4.69, 9.17) is 0 Å². The van der Waals surface area contributed by atoms with Gasteiger partial charge in [0.05, 0.1) is 17.6 Å². The summed E-state index contributed by atoms with van der Waals surface area (Å²) in [7, 11) is 1.92. The molecule has 0 atom stereocenters. The van der Waals surface area contributed by atoms with Crippen LogP contribution in [0.25, 0.3) is 10.7 Å². The Morgan fingerprint density at radius 3 is 2.72 bits per heavy atom. The topological polar surface area (TPSA) is 37.8 Å². The number of rotatable bonds is 4. The van der Waals surface area contributed by atoms with Gasteiger partial charge in [-0.25, -0.2) is 9.37 Å². The van der Waals surface area contributed by atoms with Gasteiger partial charge in [0.15, 0.2) is 0 Å². The summed E-state index contributed by atoms with van der Waals surface area (Å²) in [5.41, 5.74) is 1.82. The summed E-state index contributed by atoms with van der Waals surface area (Å²) in [5, 5.41) is 3.99. The molecule has 0 amide bonds. The molecule has 2 rings (SSSR count). The zero-order valence-electron chi connectivity index (χ0n) is 10.7. The van der Waals surface area contributed by atoms with Crippen molar-refractivity contribution in [3.63, 3.8) is 0 Å². The van der Waals surface area contributed by atoms with E-state index >= 15 is 0 Å². The maximum atomic E-state index is 12.8. The van der Waals surface area contributed by atoms with Crippen molar-refractivity contribution in [3.8, 4) is 10.7 Å². The Morgan fingerprint density at radius 1 is 1.39 bits per heavy atom. The van der Waals surface area contributed by atoms with Crippen LogP contribution in [0, 0.1) is 5.82 Å². The van der Waals surface area contributed by atoms with E-state index in [9.17, 15) is 4.39 Å². The average molecular weight is 265 g/mol. The van der Waals surface area contributed by atoms with E-state index in [0.717, 1.165) is 22.9 Å². The minimum Gasteiger partial charge on any atom is -0.315 e. The highest BCUT2D eigenvalue weighted by atomic mass is 32.1. The van der Waals surface area contributed by atoms with Gasteiger partial charge in [-0.1, -0.05) is 13.8 Å². The third-order valence-electron chi connectivity index (χ3n) is 2.56. The van der Waals surface area contributed by atoms with Crippen molar-refractivity contribution in [2.45, 2.75) is 26.3 Å². The third-order valence-corrected chi connectivity index (χ3v) is 3.65. The summed E-state index contributed by atoms with van der Waals surface area (Å²) in [6.07, 6.45) is 1.23. The molecule has 0 spiro atoms. The number of aromatic nitrogens is 2. The molecule has 18 heavy (non-hydrogen) atoms. The second-order valence-electron chi connectivity index (χ2n) is 4.37. The number of nitrogens with zero attached hydrogens (tertiary/aromatic N) is 2. The Kier molecular flexibility index (Phi) is 4.04. The van der Waals surface area contributed by atoms with E-state index in [1.165, 1.54) is 17.1 Å². The van der Waals surface area contributed by atoms with Crippen molar-refractivity contribution < 1.29 is 4.39 Å². The lowest BCUT2D eigenvalue weighted by Gasteiger charge is -2.03. The minimum atomic E-state index is -0.324. The molecule has 2 aromatic heterocycles. The van der Waals surface area contributed by atoms with Gasteiger partial charge in [0.1, 0.15) is 10.8 Å². The number of thiazole rings is 1. The fourth-order valence-corrected chi connectivity index (χ4v) is 2.92. The largest absolute Gasteiger partial charge is 0.315 e. The van der Waals surface area contributed by atoms with Crippen molar-refractivity contribution in [1.29, 1.82) is 0 Å². The molecule has 0 unspecified atom stereocenters. The molecule has 2 heterocycles. The maximum Gasteiger partial charge on any atom is 0.142 e. The first-order chi connectivity index (χ1) is 8.61. The summed E-state index contributed by atoms with van der Waals surface area (Å²) in [4.78, 5) is 9.91. The monoisotopic (exact) mass is 265 g/mol. The van der Waals surface area contributed by atoms with Crippen LogP contribution in [0.3, 0.4) is 0 Å². The molecule has 5 heteroatoms. The summed E-state index contributed by atoms with van der Waals surface area (Å²) < 4.78 is 12.8. The Labute approximate surface area is 110 Å². The van der Waals surface area contributed by atoms with Crippen molar-refractivity contribution >= 4 is 11.3 Å². The molecular formula is C13H16FN3S. The van der Waals surface area contributed by atoms with E-state index in [1.807, 2.05) is 7.05 Å². The second-order valence-corrected chi connectivity index (χ2v) is 5.46. The van der Waals surface area contributed by atoms with Gasteiger partial charge in [0, 0.05) is 11.4 Å². The predicted molar refractivity (Wildman–Crippen MR) is 72.2 cm³/mol. The Bertz CT molecular complexity index is 520. The van der Waals surface area contributed by atoms with E-state index in [0.29, 0.717) is 5.92 Å². The third kappa shape index (κ3) is 2.73. The quantitative estimate of drug-likeness (QED) is 0.922. The van der Waals surface area contributed by atoms with E-state index < -0.39 is 0 Å². The van der Waals surface area contributed by atoms with Crippen LogP contribution in [-0.2, 0) is 6.54 Å². The Balaban J connectivity index is 2.39. The zero-order valence-corrected chi connectivity index (χ0v) is 11.5. The number of nitrogens with one attached hydrogen (secondary N) is 1. The van der Waals surface area contributed by atoms with Crippen molar-refractivity contribution in [1.82, 2.24) is 15.3 Å². The summed E-state index contributed by atoms with van der Waals surface area (Å²) in [5.74, 6) is 0.0497. The van der Waals surface area contributed by atoms with Crippen molar-refractivity contribution in [2.75, 3.05) is 7.05 Å². The summed E-state index contributed by atoms with van der Waals surface area (Å²) in [6.45, 7) is 5.04. The molecule has 0 aliphatic heterocycles. The van der Waals surface area contributed by atoms with Gasteiger partial charge < -0.3 is 5.32 Å². The predicted octanol–water partition coefficient (Wildman–Crippen LogP) is 3.19. The van der Waals surface area contributed by atoms with Crippen LogP contribution < -0.4 is 5.32 Å². The van der Waals surface area contributed by atoms with Crippen LogP contribution in [0.1, 0.15) is 30.3 Å². The highest BCUT2D eigenvalue weighted by molar-refractivity contribution is 7.15. The number of hydrogen-bond donors (Lipinski definition) is 1. The van der Waals surface area contributed by atoms with Crippen molar-refractivity contribution in [2.24, 2.45) is 0 Å². The number of halogens is 1. The molecule has 3 nitrogen and oxygen atoms in total. The van der Waals surface area contributed by atoms with Gasteiger partial charge in [-0.05, 0) is 25.1 Å². The highest BCUT2D eigenvalue weighted by Gasteiger charge is 2.15. The van der Waals surface area contributed by atoms with Gasteiger partial charge in [-0.15, -0.1) is 11.3 Å². The molecule has 1 N–H and O–H groups in total. The Hall–Kier alpha value is -1.33. The number of pyridine rings is 1. The van der Waals surface area contributed by atoms with Crippen LogP contribution in [0.2, 0.25) is 0 Å². The molecule has 0 aliphatic rings. The molecular weight excluding hydrogens is 249 g/mol. The van der Waals surface area contributed by atoms with Gasteiger partial charge >= 0.3 is 0 Å². The van der Waals surface area contributed by atoms with E-state index in [-0.39, 0.29) is 5.82 Å². The fraction of sp³-hybridized carbons (Fsp3) is 0.385. The molecule has 0 aliphatic carbocycles.